The molecule has 0 radical (unpaired) electrons. The fourth-order valence-corrected chi connectivity index (χ4v) is 1.85. The molecule has 0 aliphatic heterocycles. The van der Waals surface area contributed by atoms with E-state index in [9.17, 15) is 9.59 Å². The van der Waals surface area contributed by atoms with E-state index in [2.05, 4.69) is 9.97 Å². The number of nitrogens with zero attached hydrogens (tertiary/aromatic N) is 1. The highest BCUT2D eigenvalue weighted by atomic mass is 16.4. The molecule has 0 atom stereocenters. The third-order valence-electron chi connectivity index (χ3n) is 2.75. The number of para-hydroxylation sites is 1. The molecule has 2 N–H and O–H groups in total. The van der Waals surface area contributed by atoms with Crippen LogP contribution in [-0.2, 0) is 0 Å². The zero-order chi connectivity index (χ0) is 13.4. The molecule has 6 nitrogen and oxygen atoms in total. The van der Waals surface area contributed by atoms with E-state index in [1.165, 1.54) is 0 Å². The lowest BCUT2D eigenvalue weighted by Gasteiger charge is -1.93. The number of H-pyrrole nitrogens is 1. The van der Waals surface area contributed by atoms with Crippen molar-refractivity contribution in [3.05, 3.63) is 53.9 Å². The van der Waals surface area contributed by atoms with E-state index in [1.54, 1.807) is 12.3 Å². The number of ketones is 1. The molecule has 6 heteroatoms. The molecule has 1 aromatic carbocycles. The standard InChI is InChI=1S/C13H8N2O4/c16-11(12-15-10(6-19-12)13(17)18)8-5-14-9-4-2-1-3-7(8)9/h1-6,14H,(H,17,18). The van der Waals surface area contributed by atoms with Crippen molar-refractivity contribution >= 4 is 22.7 Å². The monoisotopic (exact) mass is 256 g/mol. The third-order valence-corrected chi connectivity index (χ3v) is 2.75. The zero-order valence-electron chi connectivity index (χ0n) is 9.58. The largest absolute Gasteiger partial charge is 0.476 e. The Morgan fingerprint density at radius 1 is 1.26 bits per heavy atom. The molecule has 3 rings (SSSR count). The van der Waals surface area contributed by atoms with Crippen LogP contribution in [0.15, 0.2) is 41.1 Å². The second kappa shape index (κ2) is 4.09. The predicted octanol–water partition coefficient (Wildman–Crippen LogP) is 2.09. The van der Waals surface area contributed by atoms with E-state index >= 15 is 0 Å². The van der Waals surface area contributed by atoms with Gasteiger partial charge in [0, 0.05) is 17.1 Å². The van der Waals surface area contributed by atoms with Crippen molar-refractivity contribution in [2.24, 2.45) is 0 Å². The van der Waals surface area contributed by atoms with Crippen LogP contribution in [0.3, 0.4) is 0 Å². The van der Waals surface area contributed by atoms with Gasteiger partial charge in [0.15, 0.2) is 5.69 Å². The minimum Gasteiger partial charge on any atom is -0.476 e. The van der Waals surface area contributed by atoms with Crippen molar-refractivity contribution in [3.63, 3.8) is 0 Å². The Labute approximate surface area is 106 Å². The summed E-state index contributed by atoms with van der Waals surface area (Å²) in [6.07, 6.45) is 2.50. The van der Waals surface area contributed by atoms with Crippen molar-refractivity contribution in [1.82, 2.24) is 9.97 Å². The Hall–Kier alpha value is -2.89. The van der Waals surface area contributed by atoms with Crippen LogP contribution in [-0.4, -0.2) is 26.8 Å². The minimum absolute atomic E-state index is 0.234. The summed E-state index contributed by atoms with van der Waals surface area (Å²) < 4.78 is 4.91. The van der Waals surface area contributed by atoms with Gasteiger partial charge in [-0.1, -0.05) is 18.2 Å². The number of fused-ring (bicyclic) bond motifs is 1. The number of carboxylic acid groups (broad SMARTS) is 1. The van der Waals surface area contributed by atoms with Crippen LogP contribution in [0.2, 0.25) is 0 Å². The van der Waals surface area contributed by atoms with Crippen LogP contribution in [0.5, 0.6) is 0 Å². The first kappa shape index (κ1) is 11.2. The Morgan fingerprint density at radius 2 is 2.05 bits per heavy atom. The van der Waals surface area contributed by atoms with Crippen LogP contribution in [0.25, 0.3) is 10.9 Å². The Balaban J connectivity index is 2.05. The molecule has 2 aromatic heterocycles. The van der Waals surface area contributed by atoms with E-state index in [1.807, 2.05) is 18.2 Å². The van der Waals surface area contributed by atoms with Crippen LogP contribution in [0.4, 0.5) is 0 Å². The SMILES string of the molecule is O=C(O)c1coc(C(=O)c2c[nH]c3ccccc23)n1. The Morgan fingerprint density at radius 3 is 2.79 bits per heavy atom. The lowest BCUT2D eigenvalue weighted by atomic mass is 10.1. The average Bonchev–Trinajstić information content (AvgIpc) is 3.05. The van der Waals surface area contributed by atoms with Crippen LogP contribution in [0, 0.1) is 0 Å². The molecule has 94 valence electrons. The summed E-state index contributed by atoms with van der Waals surface area (Å²) in [5.74, 6) is -1.92. The summed E-state index contributed by atoms with van der Waals surface area (Å²) in [5, 5.41) is 9.48. The summed E-state index contributed by atoms with van der Waals surface area (Å²) in [4.78, 5) is 29.5. The highest BCUT2D eigenvalue weighted by Gasteiger charge is 2.20. The maximum atomic E-state index is 12.2. The van der Waals surface area contributed by atoms with Gasteiger partial charge in [0.25, 0.3) is 5.89 Å². The van der Waals surface area contributed by atoms with Crippen molar-refractivity contribution in [2.75, 3.05) is 0 Å². The number of benzene rings is 1. The first-order valence-corrected chi connectivity index (χ1v) is 5.46. The summed E-state index contributed by atoms with van der Waals surface area (Å²) in [5.41, 5.74) is 0.924. The summed E-state index contributed by atoms with van der Waals surface area (Å²) in [6.45, 7) is 0. The van der Waals surface area contributed by atoms with Crippen molar-refractivity contribution in [1.29, 1.82) is 0 Å². The normalized spacial score (nSPS) is 10.7. The summed E-state index contributed by atoms with van der Waals surface area (Å²) in [6, 6.07) is 7.29. The molecule has 3 aromatic rings. The molecule has 0 spiro atoms. The van der Waals surface area contributed by atoms with E-state index in [-0.39, 0.29) is 11.6 Å². The van der Waals surface area contributed by atoms with Crippen molar-refractivity contribution in [2.45, 2.75) is 0 Å². The fourth-order valence-electron chi connectivity index (χ4n) is 1.85. The Kier molecular flexibility index (Phi) is 2.42. The fraction of sp³-hybridized carbons (Fsp3) is 0. The number of carbonyl (C=O) groups is 2. The molecule has 2 heterocycles. The van der Waals surface area contributed by atoms with Gasteiger partial charge in [0.1, 0.15) is 6.26 Å². The van der Waals surface area contributed by atoms with Gasteiger partial charge in [-0.15, -0.1) is 0 Å². The molecule has 0 saturated heterocycles. The summed E-state index contributed by atoms with van der Waals surface area (Å²) in [7, 11) is 0. The Bertz CT molecular complexity index is 785. The smallest absolute Gasteiger partial charge is 0.357 e. The molecule has 0 saturated carbocycles. The van der Waals surface area contributed by atoms with Crippen LogP contribution >= 0.6 is 0 Å². The molecular weight excluding hydrogens is 248 g/mol. The molecular formula is C13H8N2O4. The maximum Gasteiger partial charge on any atom is 0.357 e. The van der Waals surface area contributed by atoms with Gasteiger partial charge in [-0.3, -0.25) is 4.79 Å². The van der Waals surface area contributed by atoms with Gasteiger partial charge in [0.2, 0.25) is 5.78 Å². The first-order valence-electron chi connectivity index (χ1n) is 5.46. The van der Waals surface area contributed by atoms with Gasteiger partial charge in [-0.25, -0.2) is 4.79 Å². The van der Waals surface area contributed by atoms with Gasteiger partial charge < -0.3 is 14.5 Å². The molecule has 0 aliphatic rings. The number of rotatable bonds is 3. The number of carbonyl (C=O) groups excluding carboxylic acids is 1. The highest BCUT2D eigenvalue weighted by molar-refractivity contribution is 6.14. The number of hydrogen-bond acceptors (Lipinski definition) is 4. The number of carboxylic acids is 1. The van der Waals surface area contributed by atoms with Crippen molar-refractivity contribution in [3.8, 4) is 0 Å². The van der Waals surface area contributed by atoms with Crippen LogP contribution in [0.1, 0.15) is 26.7 Å². The van der Waals surface area contributed by atoms with E-state index < -0.39 is 11.8 Å². The zero-order valence-corrected chi connectivity index (χ0v) is 9.58. The van der Waals surface area contributed by atoms with Gasteiger partial charge in [-0.2, -0.15) is 4.98 Å². The number of aromatic amines is 1. The van der Waals surface area contributed by atoms with Gasteiger partial charge in [-0.05, 0) is 6.07 Å². The number of aromatic carboxylic acids is 1. The molecule has 0 aliphatic carbocycles. The topological polar surface area (TPSA) is 96.2 Å². The van der Waals surface area contributed by atoms with Gasteiger partial charge >= 0.3 is 5.97 Å². The quantitative estimate of drug-likeness (QED) is 0.699. The van der Waals surface area contributed by atoms with Crippen LogP contribution < -0.4 is 0 Å². The highest BCUT2D eigenvalue weighted by Crippen LogP contribution is 2.20. The molecule has 0 bridgehead atoms. The third kappa shape index (κ3) is 1.79. The second-order valence-corrected chi connectivity index (χ2v) is 3.92. The molecule has 0 fully saturated rings. The number of nitrogens with one attached hydrogen (secondary N) is 1. The summed E-state index contributed by atoms with van der Waals surface area (Å²) >= 11 is 0. The molecule has 0 unspecified atom stereocenters. The lowest BCUT2D eigenvalue weighted by molar-refractivity contribution is 0.0690. The number of aromatic nitrogens is 2. The molecule has 19 heavy (non-hydrogen) atoms. The van der Waals surface area contributed by atoms with Crippen molar-refractivity contribution < 1.29 is 19.1 Å². The lowest BCUT2D eigenvalue weighted by Crippen LogP contribution is -2.03. The first-order chi connectivity index (χ1) is 9.16. The number of hydrogen-bond donors (Lipinski definition) is 2. The maximum absolute atomic E-state index is 12.2. The second-order valence-electron chi connectivity index (χ2n) is 3.92. The van der Waals surface area contributed by atoms with E-state index in [0.717, 1.165) is 17.2 Å². The molecule has 0 amide bonds. The number of oxazole rings is 1. The average molecular weight is 256 g/mol. The van der Waals surface area contributed by atoms with E-state index in [0.29, 0.717) is 5.56 Å². The minimum atomic E-state index is -1.23. The van der Waals surface area contributed by atoms with Gasteiger partial charge in [0.05, 0.1) is 5.56 Å². The predicted molar refractivity (Wildman–Crippen MR) is 65.2 cm³/mol. The van der Waals surface area contributed by atoms with E-state index in [4.69, 9.17) is 9.52 Å².